The molecular formula is C19H14F2N4O. The number of benzene rings is 2. The number of aromatic amines is 1. The zero-order valence-electron chi connectivity index (χ0n) is 13.8. The summed E-state index contributed by atoms with van der Waals surface area (Å²) < 4.78 is 27.6. The van der Waals surface area contributed by atoms with E-state index in [1.165, 1.54) is 12.3 Å². The van der Waals surface area contributed by atoms with Crippen LogP contribution in [0.3, 0.4) is 0 Å². The van der Waals surface area contributed by atoms with Gasteiger partial charge in [0.15, 0.2) is 0 Å². The molecule has 130 valence electrons. The summed E-state index contributed by atoms with van der Waals surface area (Å²) >= 11 is 0. The fourth-order valence-corrected chi connectivity index (χ4v) is 2.94. The lowest BCUT2D eigenvalue weighted by molar-refractivity contribution is 0.101. The predicted molar refractivity (Wildman–Crippen MR) is 94.0 cm³/mol. The Bertz CT molecular complexity index is 1040. The number of aromatic nitrogens is 2. The van der Waals surface area contributed by atoms with Gasteiger partial charge in [0.1, 0.15) is 22.9 Å². The minimum absolute atomic E-state index is 0.320. The molecule has 0 unspecified atom stereocenters. The van der Waals surface area contributed by atoms with Gasteiger partial charge in [-0.3, -0.25) is 14.9 Å². The molecule has 0 saturated heterocycles. The topological polar surface area (TPSA) is 70.1 Å². The third kappa shape index (κ3) is 2.77. The second-order valence-corrected chi connectivity index (χ2v) is 6.08. The van der Waals surface area contributed by atoms with Crippen molar-refractivity contribution in [1.29, 1.82) is 0 Å². The van der Waals surface area contributed by atoms with Crippen molar-refractivity contribution in [1.82, 2.24) is 10.2 Å². The highest BCUT2D eigenvalue weighted by molar-refractivity contribution is 6.12. The monoisotopic (exact) mass is 352 g/mol. The minimum atomic E-state index is -0.923. The number of fused-ring (bicyclic) bond motifs is 1. The molecule has 1 amide bonds. The number of aliphatic imine (C=N–C) groups is 1. The fraction of sp³-hybridized carbons (Fsp3) is 0.105. The maximum Gasteiger partial charge on any atom is 0.261 e. The molecule has 3 aromatic rings. The summed E-state index contributed by atoms with van der Waals surface area (Å²) in [5.41, 5.74) is 3.94. The first kappa shape index (κ1) is 16.1. The van der Waals surface area contributed by atoms with Crippen molar-refractivity contribution in [3.05, 3.63) is 76.6 Å². The number of amides is 1. The van der Waals surface area contributed by atoms with Crippen LogP contribution in [0.5, 0.6) is 0 Å². The van der Waals surface area contributed by atoms with Crippen LogP contribution in [-0.2, 0) is 6.42 Å². The van der Waals surface area contributed by atoms with Crippen molar-refractivity contribution < 1.29 is 13.6 Å². The van der Waals surface area contributed by atoms with Gasteiger partial charge in [-0.15, -0.1) is 0 Å². The molecule has 0 atom stereocenters. The van der Waals surface area contributed by atoms with E-state index in [1.54, 1.807) is 0 Å². The lowest BCUT2D eigenvalue weighted by atomic mass is 10.1. The third-order valence-electron chi connectivity index (χ3n) is 4.22. The second kappa shape index (κ2) is 6.18. The van der Waals surface area contributed by atoms with E-state index >= 15 is 0 Å². The van der Waals surface area contributed by atoms with Crippen molar-refractivity contribution in [2.24, 2.45) is 4.99 Å². The first-order chi connectivity index (χ1) is 12.5. The minimum Gasteiger partial charge on any atom is -0.319 e. The Hall–Kier alpha value is -3.35. The summed E-state index contributed by atoms with van der Waals surface area (Å²) in [5.74, 6) is -2.72. The van der Waals surface area contributed by atoms with E-state index in [1.807, 2.05) is 25.1 Å². The summed E-state index contributed by atoms with van der Waals surface area (Å²) in [5, 5.41) is 9.24. The maximum atomic E-state index is 13.8. The van der Waals surface area contributed by atoms with Crippen LogP contribution in [0.2, 0.25) is 0 Å². The van der Waals surface area contributed by atoms with Gasteiger partial charge in [-0.1, -0.05) is 18.2 Å². The Balaban J connectivity index is 1.63. The Morgan fingerprint density at radius 2 is 1.96 bits per heavy atom. The van der Waals surface area contributed by atoms with Gasteiger partial charge in [-0.05, 0) is 36.2 Å². The van der Waals surface area contributed by atoms with E-state index in [-0.39, 0.29) is 0 Å². The molecule has 5 nitrogen and oxygen atoms in total. The molecule has 0 radical (unpaired) electrons. The molecule has 1 aliphatic rings. The van der Waals surface area contributed by atoms with Crippen LogP contribution in [0.4, 0.5) is 20.2 Å². The predicted octanol–water partition coefficient (Wildman–Crippen LogP) is 3.93. The molecule has 0 aliphatic carbocycles. The molecular weight excluding hydrogens is 338 g/mol. The van der Waals surface area contributed by atoms with Gasteiger partial charge in [0.25, 0.3) is 5.91 Å². The van der Waals surface area contributed by atoms with Crippen LogP contribution < -0.4 is 5.32 Å². The van der Waals surface area contributed by atoms with E-state index in [4.69, 9.17) is 0 Å². The Kier molecular flexibility index (Phi) is 3.84. The molecule has 0 spiro atoms. The highest BCUT2D eigenvalue weighted by Crippen LogP contribution is 2.31. The highest BCUT2D eigenvalue weighted by atomic mass is 19.1. The smallest absolute Gasteiger partial charge is 0.261 e. The van der Waals surface area contributed by atoms with E-state index in [0.717, 1.165) is 28.9 Å². The Morgan fingerprint density at radius 3 is 2.73 bits per heavy atom. The van der Waals surface area contributed by atoms with Crippen molar-refractivity contribution in [2.75, 3.05) is 5.32 Å². The van der Waals surface area contributed by atoms with Crippen LogP contribution >= 0.6 is 0 Å². The molecule has 0 saturated carbocycles. The summed E-state index contributed by atoms with van der Waals surface area (Å²) in [4.78, 5) is 16.9. The van der Waals surface area contributed by atoms with Gasteiger partial charge >= 0.3 is 0 Å². The number of carbonyl (C=O) groups excluding carboxylic acids is 1. The molecule has 2 aromatic carbocycles. The van der Waals surface area contributed by atoms with E-state index in [0.29, 0.717) is 23.5 Å². The first-order valence-corrected chi connectivity index (χ1v) is 7.99. The van der Waals surface area contributed by atoms with Crippen LogP contribution in [-0.4, -0.2) is 21.8 Å². The summed E-state index contributed by atoms with van der Waals surface area (Å²) in [6, 6.07) is 9.27. The number of anilines is 1. The van der Waals surface area contributed by atoms with E-state index in [9.17, 15) is 13.6 Å². The largest absolute Gasteiger partial charge is 0.319 e. The number of halogens is 2. The van der Waals surface area contributed by atoms with E-state index < -0.39 is 23.1 Å². The van der Waals surface area contributed by atoms with Crippen LogP contribution in [0.25, 0.3) is 0 Å². The van der Waals surface area contributed by atoms with Gasteiger partial charge in [0.05, 0.1) is 23.3 Å². The fourth-order valence-electron chi connectivity index (χ4n) is 2.94. The molecule has 7 heteroatoms. The third-order valence-corrected chi connectivity index (χ3v) is 4.22. The summed E-state index contributed by atoms with van der Waals surface area (Å²) in [6.45, 7) is 1.98. The number of nitrogens with one attached hydrogen (secondary N) is 2. The Morgan fingerprint density at radius 1 is 1.19 bits per heavy atom. The van der Waals surface area contributed by atoms with Gasteiger partial charge in [-0.2, -0.15) is 5.10 Å². The number of H-pyrrole nitrogens is 1. The second-order valence-electron chi connectivity index (χ2n) is 6.08. The first-order valence-electron chi connectivity index (χ1n) is 7.99. The summed E-state index contributed by atoms with van der Waals surface area (Å²) in [6.07, 6.45) is 1.97. The van der Waals surface area contributed by atoms with E-state index in [2.05, 4.69) is 20.5 Å². The van der Waals surface area contributed by atoms with Crippen LogP contribution in [0, 0.1) is 18.6 Å². The SMILES string of the molecule is Cc1ccc2c(c1)N=C(c1[nH]ncc1NC(=O)c1c(F)cccc1F)C2. The van der Waals surface area contributed by atoms with Crippen LogP contribution in [0.15, 0.2) is 47.6 Å². The van der Waals surface area contributed by atoms with Gasteiger partial charge < -0.3 is 5.32 Å². The Labute approximate surface area is 147 Å². The van der Waals surface area contributed by atoms with Crippen molar-refractivity contribution >= 4 is 23.0 Å². The molecule has 1 aliphatic heterocycles. The van der Waals surface area contributed by atoms with Gasteiger partial charge in [-0.25, -0.2) is 8.78 Å². The molecule has 0 bridgehead atoms. The molecule has 1 aromatic heterocycles. The number of rotatable bonds is 3. The standard InChI is InChI=1S/C19H14F2N4O/c1-10-5-6-11-8-15(23-14(11)7-10)18-16(9-22-25-18)24-19(26)17-12(20)3-2-4-13(17)21/h2-7,9H,8H2,1H3,(H,22,25)(H,24,26). The van der Waals surface area contributed by atoms with Gasteiger partial charge in [0.2, 0.25) is 0 Å². The zero-order chi connectivity index (χ0) is 18.3. The average Bonchev–Trinajstić information content (AvgIpc) is 3.20. The summed E-state index contributed by atoms with van der Waals surface area (Å²) in [7, 11) is 0. The quantitative estimate of drug-likeness (QED) is 0.750. The van der Waals surface area contributed by atoms with Crippen molar-refractivity contribution in [3.63, 3.8) is 0 Å². The lowest BCUT2D eigenvalue weighted by Gasteiger charge is -2.07. The molecule has 4 rings (SSSR count). The molecule has 0 fully saturated rings. The van der Waals surface area contributed by atoms with Crippen molar-refractivity contribution in [3.8, 4) is 0 Å². The van der Waals surface area contributed by atoms with Crippen LogP contribution in [0.1, 0.15) is 27.2 Å². The van der Waals surface area contributed by atoms with Crippen molar-refractivity contribution in [2.45, 2.75) is 13.3 Å². The number of hydrogen-bond donors (Lipinski definition) is 2. The number of hydrogen-bond acceptors (Lipinski definition) is 3. The highest BCUT2D eigenvalue weighted by Gasteiger charge is 2.23. The molecule has 26 heavy (non-hydrogen) atoms. The number of carbonyl (C=O) groups is 1. The maximum absolute atomic E-state index is 13.8. The number of nitrogens with zero attached hydrogens (tertiary/aromatic N) is 2. The zero-order valence-corrected chi connectivity index (χ0v) is 13.8. The average molecular weight is 352 g/mol. The lowest BCUT2D eigenvalue weighted by Crippen LogP contribution is -2.17. The molecule has 2 N–H and O–H groups in total. The normalized spacial score (nSPS) is 12.7. The van der Waals surface area contributed by atoms with Gasteiger partial charge in [0, 0.05) is 6.42 Å². The number of aryl methyl sites for hydroxylation is 1. The molecule has 2 heterocycles.